The summed E-state index contributed by atoms with van der Waals surface area (Å²) in [7, 11) is 0. The van der Waals surface area contributed by atoms with Crippen LogP contribution in [0.25, 0.3) is 0 Å². The van der Waals surface area contributed by atoms with Gasteiger partial charge >= 0.3 is 0 Å². The van der Waals surface area contributed by atoms with Gasteiger partial charge in [0.25, 0.3) is 0 Å². The number of carbonyl (C=O) groups is 1. The maximum absolute atomic E-state index is 12.8. The topological polar surface area (TPSA) is 112 Å². The number of nitrogens with zero attached hydrogens (tertiary/aromatic N) is 4. The molecule has 0 radical (unpaired) electrons. The molecule has 0 saturated heterocycles. The molecule has 1 aromatic carbocycles. The monoisotopic (exact) mass is 366 g/mol. The Morgan fingerprint density at radius 3 is 2.73 bits per heavy atom. The fourth-order valence-electron chi connectivity index (χ4n) is 3.62. The van der Waals surface area contributed by atoms with Gasteiger partial charge in [-0.2, -0.15) is 15.3 Å². The van der Waals surface area contributed by atoms with E-state index in [-0.39, 0.29) is 11.6 Å². The van der Waals surface area contributed by atoms with Gasteiger partial charge in [0.2, 0.25) is 5.95 Å². The van der Waals surface area contributed by atoms with Crippen LogP contribution in [0.15, 0.2) is 53.3 Å². The van der Waals surface area contributed by atoms with E-state index in [0.29, 0.717) is 35.0 Å². The molecule has 0 amide bonds. The van der Waals surface area contributed by atoms with Gasteiger partial charge in [0, 0.05) is 22.7 Å². The third kappa shape index (κ3) is 2.47. The second-order valence-electron chi connectivity index (χ2n) is 6.18. The molecule has 8 heteroatoms. The molecule has 1 atom stereocenters. The maximum atomic E-state index is 12.8. The number of rotatable bonds is 2. The first-order valence-corrected chi connectivity index (χ1v) is 8.56. The first-order valence-electron chi connectivity index (χ1n) is 8.18. The maximum Gasteiger partial charge on any atom is 0.231 e. The number of anilines is 1. The van der Waals surface area contributed by atoms with Crippen LogP contribution in [0.3, 0.4) is 0 Å². The summed E-state index contributed by atoms with van der Waals surface area (Å²) in [5, 5.41) is 17.0. The van der Waals surface area contributed by atoms with Gasteiger partial charge in [0.1, 0.15) is 12.1 Å². The summed E-state index contributed by atoms with van der Waals surface area (Å²) in [6.07, 6.45) is 3.21. The molecule has 0 bridgehead atoms. The number of hydrogen-bond acceptors (Lipinski definition) is 6. The molecular formula is C18H15ClN6O. The number of ketones is 1. The van der Waals surface area contributed by atoms with Crippen molar-refractivity contribution in [3.05, 3.63) is 63.8 Å². The number of aromatic nitrogens is 3. The van der Waals surface area contributed by atoms with Gasteiger partial charge in [-0.15, -0.1) is 0 Å². The van der Waals surface area contributed by atoms with E-state index in [2.05, 4.69) is 21.3 Å². The molecule has 2 heterocycles. The molecule has 2 aromatic rings. The van der Waals surface area contributed by atoms with Gasteiger partial charge in [-0.3, -0.25) is 9.69 Å². The van der Waals surface area contributed by atoms with E-state index >= 15 is 0 Å². The molecule has 4 rings (SSSR count). The molecule has 0 fully saturated rings. The van der Waals surface area contributed by atoms with Gasteiger partial charge < -0.3 is 5.73 Å². The van der Waals surface area contributed by atoms with Crippen molar-refractivity contribution >= 4 is 23.3 Å². The molecule has 2 aliphatic rings. The van der Waals surface area contributed by atoms with E-state index in [9.17, 15) is 10.1 Å². The number of benzene rings is 1. The molecule has 0 unspecified atom stereocenters. The highest BCUT2D eigenvalue weighted by Gasteiger charge is 2.40. The van der Waals surface area contributed by atoms with Crippen LogP contribution in [-0.2, 0) is 4.79 Å². The Balaban J connectivity index is 1.96. The first-order chi connectivity index (χ1) is 12.6. The van der Waals surface area contributed by atoms with Crippen LogP contribution < -0.4 is 10.6 Å². The van der Waals surface area contributed by atoms with Crippen LogP contribution in [0, 0.1) is 11.3 Å². The lowest BCUT2D eigenvalue weighted by Gasteiger charge is -2.38. The van der Waals surface area contributed by atoms with E-state index < -0.39 is 5.92 Å². The van der Waals surface area contributed by atoms with Crippen molar-refractivity contribution in [2.45, 2.75) is 25.2 Å². The predicted octanol–water partition coefficient (Wildman–Crippen LogP) is 2.76. The third-order valence-electron chi connectivity index (χ3n) is 4.73. The molecule has 7 nitrogen and oxygen atoms in total. The van der Waals surface area contributed by atoms with Crippen molar-refractivity contribution < 1.29 is 4.79 Å². The van der Waals surface area contributed by atoms with Crippen molar-refractivity contribution in [2.75, 3.05) is 4.90 Å². The molecule has 1 aliphatic carbocycles. The van der Waals surface area contributed by atoms with Crippen molar-refractivity contribution in [1.29, 1.82) is 5.26 Å². The van der Waals surface area contributed by atoms with Crippen molar-refractivity contribution in [3.8, 4) is 6.07 Å². The fourth-order valence-corrected chi connectivity index (χ4v) is 3.75. The minimum atomic E-state index is -0.501. The molecule has 1 aliphatic heterocycles. The zero-order valence-corrected chi connectivity index (χ0v) is 14.5. The van der Waals surface area contributed by atoms with Gasteiger partial charge in [-0.05, 0) is 30.5 Å². The second kappa shape index (κ2) is 6.32. The largest absolute Gasteiger partial charge is 0.384 e. The lowest BCUT2D eigenvalue weighted by molar-refractivity contribution is -0.116. The summed E-state index contributed by atoms with van der Waals surface area (Å²) in [6, 6.07) is 9.35. The number of halogens is 1. The molecule has 0 saturated carbocycles. The molecular weight excluding hydrogens is 352 g/mol. The van der Waals surface area contributed by atoms with E-state index in [1.165, 1.54) is 6.33 Å². The van der Waals surface area contributed by atoms with Gasteiger partial charge in [-0.1, -0.05) is 23.7 Å². The number of allylic oxidation sites excluding steroid dienone is 3. The Kier molecular flexibility index (Phi) is 3.98. The molecule has 0 spiro atoms. The minimum absolute atomic E-state index is 0.0240. The number of hydrogen-bond donors (Lipinski definition) is 2. The Bertz CT molecular complexity index is 968. The summed E-state index contributed by atoms with van der Waals surface area (Å²) in [5.41, 5.74) is 8.86. The number of aromatic amines is 1. The first kappa shape index (κ1) is 16.4. The van der Waals surface area contributed by atoms with Crippen LogP contribution in [0.4, 0.5) is 5.95 Å². The summed E-state index contributed by atoms with van der Waals surface area (Å²) < 4.78 is 0. The highest BCUT2D eigenvalue weighted by atomic mass is 35.5. The van der Waals surface area contributed by atoms with Gasteiger partial charge in [0.15, 0.2) is 5.78 Å². The van der Waals surface area contributed by atoms with E-state index in [4.69, 9.17) is 17.3 Å². The Hall–Kier alpha value is -3.11. The second-order valence-corrected chi connectivity index (χ2v) is 6.61. The van der Waals surface area contributed by atoms with Crippen LogP contribution in [0.2, 0.25) is 5.02 Å². The quantitative estimate of drug-likeness (QED) is 0.845. The average molecular weight is 367 g/mol. The van der Waals surface area contributed by atoms with E-state index in [1.807, 2.05) is 12.1 Å². The third-order valence-corrected chi connectivity index (χ3v) is 4.98. The molecule has 130 valence electrons. The summed E-state index contributed by atoms with van der Waals surface area (Å²) >= 11 is 6.00. The standard InChI is InChI=1S/C18H15ClN6O/c19-11-6-4-10(5-7-11)15-12(8-20)17(21)25(18-22-9-23-24-18)13-2-1-3-14(26)16(13)15/h4-7,9,15H,1-3,21H2,(H,22,23,24)/t15-/m0/s1. The van der Waals surface area contributed by atoms with Gasteiger partial charge in [0.05, 0.1) is 17.6 Å². The van der Waals surface area contributed by atoms with Crippen molar-refractivity contribution in [1.82, 2.24) is 15.2 Å². The highest BCUT2D eigenvalue weighted by Crippen LogP contribution is 2.45. The van der Waals surface area contributed by atoms with Crippen molar-refractivity contribution in [2.24, 2.45) is 5.73 Å². The Morgan fingerprint density at radius 1 is 1.31 bits per heavy atom. The number of nitrogens with two attached hydrogens (primary N) is 1. The Morgan fingerprint density at radius 2 is 2.08 bits per heavy atom. The smallest absolute Gasteiger partial charge is 0.231 e. The Labute approximate surface area is 154 Å². The summed E-state index contributed by atoms with van der Waals surface area (Å²) in [4.78, 5) is 18.6. The summed E-state index contributed by atoms with van der Waals surface area (Å²) in [6.45, 7) is 0. The molecule has 26 heavy (non-hydrogen) atoms. The lowest BCUT2D eigenvalue weighted by Crippen LogP contribution is -2.39. The van der Waals surface area contributed by atoms with Crippen LogP contribution in [-0.4, -0.2) is 21.0 Å². The van der Waals surface area contributed by atoms with Crippen LogP contribution in [0.5, 0.6) is 0 Å². The number of nitrogens with one attached hydrogen (secondary N) is 1. The fraction of sp³-hybridized carbons (Fsp3) is 0.222. The average Bonchev–Trinajstić information content (AvgIpc) is 3.16. The van der Waals surface area contributed by atoms with Crippen LogP contribution >= 0.6 is 11.6 Å². The number of Topliss-reactive ketones (excluding diaryl/α,β-unsaturated/α-hetero) is 1. The lowest BCUT2D eigenvalue weighted by atomic mass is 9.76. The molecule has 1 aromatic heterocycles. The van der Waals surface area contributed by atoms with Gasteiger partial charge in [-0.25, -0.2) is 5.10 Å². The number of nitriles is 1. The number of carbonyl (C=O) groups excluding carboxylic acids is 1. The van der Waals surface area contributed by atoms with Crippen LogP contribution in [0.1, 0.15) is 30.7 Å². The SMILES string of the molecule is N#CC1=C(N)N(c2ncn[nH]2)C2=C(C(=O)CCC2)[C@H]1c1ccc(Cl)cc1. The van der Waals surface area contributed by atoms with E-state index in [0.717, 1.165) is 17.7 Å². The zero-order chi connectivity index (χ0) is 18.3. The predicted molar refractivity (Wildman–Crippen MR) is 95.8 cm³/mol. The van der Waals surface area contributed by atoms with E-state index in [1.54, 1.807) is 17.0 Å². The normalized spacial score (nSPS) is 20.2. The zero-order valence-electron chi connectivity index (χ0n) is 13.7. The minimum Gasteiger partial charge on any atom is -0.384 e. The highest BCUT2D eigenvalue weighted by molar-refractivity contribution is 6.30. The molecule has 3 N–H and O–H groups in total. The summed E-state index contributed by atoms with van der Waals surface area (Å²) in [5.74, 6) is 0.180. The van der Waals surface area contributed by atoms with Crippen molar-refractivity contribution in [3.63, 3.8) is 0 Å². The number of H-pyrrole nitrogens is 1.